The fourth-order valence-corrected chi connectivity index (χ4v) is 5.91. The highest BCUT2D eigenvalue weighted by Gasteiger charge is 2.35. The van der Waals surface area contributed by atoms with Gasteiger partial charge >= 0.3 is 5.97 Å². The summed E-state index contributed by atoms with van der Waals surface area (Å²) < 4.78 is 7.67. The van der Waals surface area contributed by atoms with Gasteiger partial charge in [0, 0.05) is 30.2 Å². The van der Waals surface area contributed by atoms with Crippen molar-refractivity contribution >= 4 is 28.7 Å². The highest BCUT2D eigenvalue weighted by molar-refractivity contribution is 6.03. The first-order valence-electron chi connectivity index (χ1n) is 12.9. The van der Waals surface area contributed by atoms with Crippen LogP contribution in [-0.2, 0) is 4.74 Å². The molecule has 1 saturated carbocycles. The molecule has 2 atom stereocenters. The minimum Gasteiger partial charge on any atom is -0.459 e. The third-order valence-corrected chi connectivity index (χ3v) is 7.62. The van der Waals surface area contributed by atoms with Crippen LogP contribution in [0.3, 0.4) is 0 Å². The minimum absolute atomic E-state index is 0.160. The molecule has 2 heterocycles. The molecule has 37 heavy (non-hydrogen) atoms. The van der Waals surface area contributed by atoms with Crippen LogP contribution in [0.2, 0.25) is 0 Å². The molecule has 2 aromatic carbocycles. The Labute approximate surface area is 217 Å². The summed E-state index contributed by atoms with van der Waals surface area (Å²) in [4.78, 5) is 23.8. The van der Waals surface area contributed by atoms with Crippen molar-refractivity contribution in [1.29, 1.82) is 0 Å². The van der Waals surface area contributed by atoms with Gasteiger partial charge in [-0.25, -0.2) is 14.6 Å². The predicted octanol–water partition coefficient (Wildman–Crippen LogP) is 7.18. The van der Waals surface area contributed by atoms with Crippen LogP contribution in [0, 0.1) is 31.2 Å². The number of anilines is 2. The van der Waals surface area contributed by atoms with Gasteiger partial charge in [-0.1, -0.05) is 39.0 Å². The number of ether oxygens (including phenoxy) is 1. The van der Waals surface area contributed by atoms with Crippen LogP contribution in [-0.4, -0.2) is 33.7 Å². The fourth-order valence-electron chi connectivity index (χ4n) is 5.91. The van der Waals surface area contributed by atoms with Crippen LogP contribution < -0.4 is 4.90 Å². The molecule has 2 unspecified atom stereocenters. The van der Waals surface area contributed by atoms with Crippen molar-refractivity contribution < 1.29 is 9.53 Å². The number of H-pyrrole nitrogens is 1. The molecule has 1 aliphatic rings. The predicted molar refractivity (Wildman–Crippen MR) is 146 cm³/mol. The first kappa shape index (κ1) is 24.6. The van der Waals surface area contributed by atoms with Crippen molar-refractivity contribution in [1.82, 2.24) is 14.6 Å². The van der Waals surface area contributed by atoms with E-state index >= 15 is 0 Å². The van der Waals surface area contributed by atoms with Crippen LogP contribution in [0.25, 0.3) is 21.9 Å². The van der Waals surface area contributed by atoms with E-state index in [2.05, 4.69) is 66.8 Å². The summed E-state index contributed by atoms with van der Waals surface area (Å²) in [7, 11) is 2.05. The fraction of sp³-hybridized carbons (Fsp3) is 0.367. The number of benzene rings is 2. The number of nitrogens with one attached hydrogen (secondary N) is 1. The number of aromatic nitrogens is 3. The highest BCUT2D eigenvalue weighted by Crippen LogP contribution is 2.37. The maximum absolute atomic E-state index is 13.4. The summed E-state index contributed by atoms with van der Waals surface area (Å²) in [5.41, 5.74) is 5.09. The molecule has 1 N–H and O–H groups in total. The lowest BCUT2D eigenvalue weighted by molar-refractivity contribution is -0.0249. The lowest BCUT2D eigenvalue weighted by atomic mass is 9.75. The second kappa shape index (κ2) is 9.78. The number of aromatic amines is 1. The van der Waals surface area contributed by atoms with Crippen LogP contribution >= 0.6 is 0 Å². The number of para-hydroxylation sites is 1. The zero-order chi connectivity index (χ0) is 26.3. The molecule has 7 heteroatoms. The van der Waals surface area contributed by atoms with Gasteiger partial charge in [0.1, 0.15) is 11.7 Å². The van der Waals surface area contributed by atoms with Gasteiger partial charge in [-0.2, -0.15) is 0 Å². The smallest absolute Gasteiger partial charge is 0.331 e. The molecule has 0 spiro atoms. The van der Waals surface area contributed by atoms with E-state index in [0.29, 0.717) is 17.4 Å². The normalized spacial score (nSPS) is 21.5. The maximum Gasteiger partial charge on any atom is 0.331 e. The number of aryl methyl sites for hydroxylation is 1. The average molecular weight is 496 g/mol. The van der Waals surface area contributed by atoms with Gasteiger partial charge in [-0.3, -0.25) is 9.61 Å². The van der Waals surface area contributed by atoms with Gasteiger partial charge in [-0.15, -0.1) is 0 Å². The number of carbonyl (C=O) groups excluding carboxylic acids is 1. The Hall–Kier alpha value is -4.05. The molecular weight excluding hydrogens is 462 g/mol. The molecule has 2 aromatic heterocycles. The first-order chi connectivity index (χ1) is 17.8. The Morgan fingerprint density at radius 3 is 2.49 bits per heavy atom. The van der Waals surface area contributed by atoms with E-state index in [9.17, 15) is 4.79 Å². The summed E-state index contributed by atoms with van der Waals surface area (Å²) in [5, 5.41) is 3.24. The second-order valence-corrected chi connectivity index (χ2v) is 10.6. The summed E-state index contributed by atoms with van der Waals surface area (Å²) >= 11 is 0. The summed E-state index contributed by atoms with van der Waals surface area (Å²) in [6.07, 6.45) is 3.53. The number of hydrogen-bond acceptors (Lipinski definition) is 4. The number of nitrogens with zero attached hydrogens (tertiary/aromatic N) is 4. The van der Waals surface area contributed by atoms with Crippen molar-refractivity contribution in [2.24, 2.45) is 17.8 Å². The van der Waals surface area contributed by atoms with Crippen molar-refractivity contribution in [3.05, 3.63) is 77.3 Å². The molecule has 0 bridgehead atoms. The Balaban J connectivity index is 1.44. The molecule has 1 aliphatic carbocycles. The first-order valence-corrected chi connectivity index (χ1v) is 12.9. The molecule has 190 valence electrons. The molecule has 0 aliphatic heterocycles. The lowest BCUT2D eigenvalue weighted by Gasteiger charge is -2.37. The number of carbonyl (C=O) groups is 1. The Morgan fingerprint density at radius 1 is 1.14 bits per heavy atom. The Bertz CT molecular complexity index is 1470. The van der Waals surface area contributed by atoms with Crippen molar-refractivity contribution in [3.63, 3.8) is 0 Å². The van der Waals surface area contributed by atoms with Gasteiger partial charge in [0.15, 0.2) is 11.5 Å². The minimum atomic E-state index is -0.471. The van der Waals surface area contributed by atoms with Crippen LogP contribution in [0.1, 0.15) is 49.5 Å². The summed E-state index contributed by atoms with van der Waals surface area (Å²) in [5.74, 6) is 1.34. The molecule has 4 aromatic rings. The van der Waals surface area contributed by atoms with Crippen molar-refractivity contribution in [3.8, 4) is 11.4 Å². The zero-order valence-electron chi connectivity index (χ0n) is 22.0. The second-order valence-electron chi connectivity index (χ2n) is 10.6. The highest BCUT2D eigenvalue weighted by atomic mass is 16.5. The van der Waals surface area contributed by atoms with E-state index in [0.717, 1.165) is 35.3 Å². The SMILES string of the molecule is [C-]#[N+]c1cn2[nH]c(-c3ccc(N(C)c4ccccc4)c(C)c3)nc2c1C(=O)OC1C(C)CC(C)CC1C. The zero-order valence-corrected chi connectivity index (χ0v) is 22.0. The Morgan fingerprint density at radius 2 is 1.84 bits per heavy atom. The third-order valence-electron chi connectivity index (χ3n) is 7.62. The average Bonchev–Trinajstić information content (AvgIpc) is 3.44. The van der Waals surface area contributed by atoms with E-state index in [4.69, 9.17) is 16.3 Å². The number of hydrogen-bond donors (Lipinski definition) is 1. The van der Waals surface area contributed by atoms with E-state index in [1.807, 2.05) is 31.3 Å². The lowest BCUT2D eigenvalue weighted by Crippen LogP contribution is -2.37. The summed E-state index contributed by atoms with van der Waals surface area (Å²) in [6.45, 7) is 16.2. The van der Waals surface area contributed by atoms with E-state index < -0.39 is 5.97 Å². The van der Waals surface area contributed by atoms with Gasteiger partial charge in [0.25, 0.3) is 0 Å². The van der Waals surface area contributed by atoms with Crippen molar-refractivity contribution in [2.45, 2.75) is 46.6 Å². The van der Waals surface area contributed by atoms with Gasteiger partial charge in [-0.05, 0) is 73.4 Å². The van der Waals surface area contributed by atoms with E-state index in [1.54, 1.807) is 10.7 Å². The summed E-state index contributed by atoms with van der Waals surface area (Å²) in [6, 6.07) is 16.4. The monoisotopic (exact) mass is 495 g/mol. The molecule has 7 nitrogen and oxygen atoms in total. The molecule has 0 radical (unpaired) electrons. The maximum atomic E-state index is 13.4. The molecule has 5 rings (SSSR count). The van der Waals surface area contributed by atoms with E-state index in [-0.39, 0.29) is 29.2 Å². The Kier molecular flexibility index (Phi) is 6.51. The van der Waals surface area contributed by atoms with Gasteiger partial charge in [0.05, 0.1) is 6.57 Å². The molecule has 0 amide bonds. The standard InChI is InChI=1S/C30H33N5O2/c1-18-14-20(3)27(21(4)15-18)37-30(36)26-24(31-5)17-35-29(26)32-28(33-35)22-12-13-25(19(2)16-22)34(6)23-10-8-7-9-11-23/h7-13,16-18,20-21,27H,14-15H2,1-4,6H3,(H,32,33). The quantitative estimate of drug-likeness (QED) is 0.235. The number of esters is 1. The topological polar surface area (TPSA) is 67.0 Å². The van der Waals surface area contributed by atoms with Gasteiger partial charge < -0.3 is 9.64 Å². The van der Waals surface area contributed by atoms with Crippen LogP contribution in [0.4, 0.5) is 17.1 Å². The largest absolute Gasteiger partial charge is 0.459 e. The number of rotatable bonds is 5. The van der Waals surface area contributed by atoms with Crippen LogP contribution in [0.5, 0.6) is 0 Å². The number of fused-ring (bicyclic) bond motifs is 1. The molecule has 0 saturated heterocycles. The van der Waals surface area contributed by atoms with E-state index in [1.165, 1.54) is 0 Å². The van der Waals surface area contributed by atoms with Crippen LogP contribution in [0.15, 0.2) is 54.7 Å². The molecular formula is C30H33N5O2. The van der Waals surface area contributed by atoms with Crippen molar-refractivity contribution in [2.75, 3.05) is 11.9 Å². The third kappa shape index (κ3) is 4.60. The van der Waals surface area contributed by atoms with Gasteiger partial charge in [0.2, 0.25) is 5.69 Å². The molecule has 1 fully saturated rings.